The summed E-state index contributed by atoms with van der Waals surface area (Å²) in [5.41, 5.74) is 0.219. The Morgan fingerprint density at radius 2 is 0.900 bits per heavy atom. The van der Waals surface area contributed by atoms with Crippen LogP contribution in [0.1, 0.15) is 41.5 Å². The molecule has 0 amide bonds. The van der Waals surface area contributed by atoms with Crippen molar-refractivity contribution < 1.29 is 26.2 Å². The molecule has 2 heteroatoms. The molecule has 0 unspecified atom stereocenters. The SMILES string of the molecule is CC(C)(C)[N-]C(C)(C)C.[Zr+4]. The van der Waals surface area contributed by atoms with Gasteiger partial charge in [0, 0.05) is 0 Å². The monoisotopic (exact) mass is 218 g/mol. The van der Waals surface area contributed by atoms with E-state index in [4.69, 9.17) is 0 Å². The van der Waals surface area contributed by atoms with Gasteiger partial charge >= 0.3 is 26.2 Å². The van der Waals surface area contributed by atoms with Gasteiger partial charge in [0.2, 0.25) is 0 Å². The normalized spacial score (nSPS) is 12.6. The summed E-state index contributed by atoms with van der Waals surface area (Å²) < 4.78 is 0. The molecular weight excluding hydrogens is 201 g/mol. The Hall–Kier alpha value is 0.843. The van der Waals surface area contributed by atoms with E-state index >= 15 is 0 Å². The first kappa shape index (κ1) is 13.4. The van der Waals surface area contributed by atoms with E-state index in [9.17, 15) is 0 Å². The molecule has 0 atom stereocenters. The minimum absolute atomic E-state index is 0. The van der Waals surface area contributed by atoms with Crippen molar-refractivity contribution in [3.8, 4) is 0 Å². The van der Waals surface area contributed by atoms with Crippen molar-refractivity contribution in [1.29, 1.82) is 0 Å². The van der Waals surface area contributed by atoms with Gasteiger partial charge in [-0.3, -0.25) is 0 Å². The van der Waals surface area contributed by atoms with Crippen molar-refractivity contribution in [2.75, 3.05) is 0 Å². The smallest absolute Gasteiger partial charge is 0.653 e. The van der Waals surface area contributed by atoms with Gasteiger partial charge in [0.1, 0.15) is 0 Å². The van der Waals surface area contributed by atoms with Gasteiger partial charge in [-0.2, -0.15) is 0 Å². The summed E-state index contributed by atoms with van der Waals surface area (Å²) in [6.45, 7) is 12.7. The van der Waals surface area contributed by atoms with Crippen LogP contribution < -0.4 is 0 Å². The zero-order valence-electron chi connectivity index (χ0n) is 7.95. The van der Waals surface area contributed by atoms with Gasteiger partial charge < -0.3 is 5.32 Å². The number of hydrogen-bond donors (Lipinski definition) is 0. The van der Waals surface area contributed by atoms with Crippen molar-refractivity contribution in [3.05, 3.63) is 5.32 Å². The van der Waals surface area contributed by atoms with E-state index in [0.29, 0.717) is 0 Å². The number of nitrogens with zero attached hydrogens (tertiary/aromatic N) is 1. The Labute approximate surface area is 84.1 Å². The molecule has 0 aromatic rings. The van der Waals surface area contributed by atoms with Crippen LogP contribution in [-0.2, 0) is 26.2 Å². The first-order valence-corrected chi connectivity index (χ1v) is 3.45. The summed E-state index contributed by atoms with van der Waals surface area (Å²) >= 11 is 0. The first-order chi connectivity index (χ1) is 3.71. The molecule has 0 aromatic heterocycles. The van der Waals surface area contributed by atoms with Gasteiger partial charge in [-0.05, 0) is 0 Å². The maximum Gasteiger partial charge on any atom is 4.00 e. The van der Waals surface area contributed by atoms with Crippen LogP contribution >= 0.6 is 0 Å². The average Bonchev–Trinajstić information content (AvgIpc) is 1.14. The zero-order valence-corrected chi connectivity index (χ0v) is 10.4. The molecule has 0 fully saturated rings. The predicted octanol–water partition coefficient (Wildman–Crippen LogP) is 2.95. The van der Waals surface area contributed by atoms with Crippen molar-refractivity contribution in [2.24, 2.45) is 0 Å². The summed E-state index contributed by atoms with van der Waals surface area (Å²) in [5, 5.41) is 4.54. The standard InChI is InChI=1S/C8H18N.Zr/c1-7(2,3)9-8(4,5)6;/h1-6H3;/q-1;+4. The van der Waals surface area contributed by atoms with E-state index in [1.807, 2.05) is 0 Å². The van der Waals surface area contributed by atoms with Crippen LogP contribution in [0.4, 0.5) is 0 Å². The molecule has 0 N–H and O–H groups in total. The summed E-state index contributed by atoms with van der Waals surface area (Å²) in [6.07, 6.45) is 0. The van der Waals surface area contributed by atoms with Crippen LogP contribution in [-0.4, -0.2) is 11.1 Å². The molecular formula is C8H18NZr+3. The molecule has 0 heterocycles. The quantitative estimate of drug-likeness (QED) is 0.595. The van der Waals surface area contributed by atoms with Crippen LogP contribution in [0.3, 0.4) is 0 Å². The summed E-state index contributed by atoms with van der Waals surface area (Å²) in [4.78, 5) is 0. The largest absolute Gasteiger partial charge is 4.00 e. The van der Waals surface area contributed by atoms with Crippen molar-refractivity contribution >= 4 is 0 Å². The maximum absolute atomic E-state index is 4.54. The van der Waals surface area contributed by atoms with Crippen LogP contribution in [0.5, 0.6) is 0 Å². The molecule has 0 rings (SSSR count). The maximum atomic E-state index is 4.54. The molecule has 56 valence electrons. The van der Waals surface area contributed by atoms with Gasteiger partial charge in [0.15, 0.2) is 0 Å². The van der Waals surface area contributed by atoms with E-state index < -0.39 is 0 Å². The van der Waals surface area contributed by atoms with Crippen LogP contribution in [0.2, 0.25) is 0 Å². The second kappa shape index (κ2) is 4.02. The Bertz CT molecular complexity index is 74.4. The molecule has 1 nitrogen and oxygen atoms in total. The molecule has 0 aliphatic heterocycles. The zero-order chi connectivity index (χ0) is 7.71. The van der Waals surface area contributed by atoms with Crippen LogP contribution in [0.25, 0.3) is 5.32 Å². The summed E-state index contributed by atoms with van der Waals surface area (Å²) in [7, 11) is 0. The van der Waals surface area contributed by atoms with Crippen molar-refractivity contribution in [1.82, 2.24) is 0 Å². The minimum atomic E-state index is 0. The minimum Gasteiger partial charge on any atom is -0.653 e. The first-order valence-electron chi connectivity index (χ1n) is 3.45. The number of hydrogen-bond acceptors (Lipinski definition) is 0. The van der Waals surface area contributed by atoms with E-state index in [-0.39, 0.29) is 37.3 Å². The van der Waals surface area contributed by atoms with Gasteiger partial charge in [-0.25, -0.2) is 0 Å². The topological polar surface area (TPSA) is 14.1 Å². The Kier molecular flexibility index (Phi) is 5.40. The number of rotatable bonds is 0. The third kappa shape index (κ3) is 11.6. The molecule has 0 spiro atoms. The fourth-order valence-electron chi connectivity index (χ4n) is 1.01. The fourth-order valence-corrected chi connectivity index (χ4v) is 1.01. The van der Waals surface area contributed by atoms with E-state index in [0.717, 1.165) is 0 Å². The molecule has 0 aliphatic carbocycles. The second-order valence-corrected chi connectivity index (χ2v) is 4.45. The summed E-state index contributed by atoms with van der Waals surface area (Å²) in [5.74, 6) is 0. The van der Waals surface area contributed by atoms with Crippen molar-refractivity contribution in [2.45, 2.75) is 52.6 Å². The predicted molar refractivity (Wildman–Crippen MR) is 42.9 cm³/mol. The fraction of sp³-hybridized carbons (Fsp3) is 1.00. The van der Waals surface area contributed by atoms with Crippen LogP contribution in [0, 0.1) is 0 Å². The molecule has 0 radical (unpaired) electrons. The van der Waals surface area contributed by atoms with Crippen LogP contribution in [0.15, 0.2) is 0 Å². The van der Waals surface area contributed by atoms with E-state index in [2.05, 4.69) is 46.9 Å². The Balaban J connectivity index is 0. The third-order valence-electron chi connectivity index (χ3n) is 0.671. The molecule has 0 bridgehead atoms. The third-order valence-corrected chi connectivity index (χ3v) is 0.671. The molecule has 0 saturated heterocycles. The van der Waals surface area contributed by atoms with Gasteiger partial charge in [-0.1, -0.05) is 41.5 Å². The van der Waals surface area contributed by atoms with Gasteiger partial charge in [0.05, 0.1) is 0 Å². The molecule has 0 aromatic carbocycles. The Morgan fingerprint density at radius 3 is 0.900 bits per heavy atom. The van der Waals surface area contributed by atoms with Gasteiger partial charge in [0.25, 0.3) is 0 Å². The molecule has 0 saturated carbocycles. The van der Waals surface area contributed by atoms with Gasteiger partial charge in [-0.15, -0.1) is 11.1 Å². The second-order valence-electron chi connectivity index (χ2n) is 4.45. The van der Waals surface area contributed by atoms with Crippen molar-refractivity contribution in [3.63, 3.8) is 0 Å². The molecule has 10 heavy (non-hydrogen) atoms. The summed E-state index contributed by atoms with van der Waals surface area (Å²) in [6, 6.07) is 0. The van der Waals surface area contributed by atoms with E-state index in [1.165, 1.54) is 0 Å². The van der Waals surface area contributed by atoms with E-state index in [1.54, 1.807) is 0 Å². The average molecular weight is 219 g/mol. The Morgan fingerprint density at radius 1 is 0.700 bits per heavy atom. The molecule has 0 aliphatic rings.